The number of aryl methyl sites for hydroxylation is 1. The lowest BCUT2D eigenvalue weighted by molar-refractivity contribution is -0.118. The van der Waals surface area contributed by atoms with Crippen molar-refractivity contribution in [1.29, 1.82) is 0 Å². The van der Waals surface area contributed by atoms with E-state index >= 15 is 0 Å². The maximum atomic E-state index is 12.9. The Morgan fingerprint density at radius 2 is 2.24 bits per heavy atom. The lowest BCUT2D eigenvalue weighted by Crippen LogP contribution is -2.39. The molecule has 3 heterocycles. The molecular formula is C15H22N6O3S. The molecule has 0 radical (unpaired) electrons. The Balaban J connectivity index is 1.81. The van der Waals surface area contributed by atoms with Gasteiger partial charge in [-0.1, -0.05) is 0 Å². The van der Waals surface area contributed by atoms with Gasteiger partial charge in [-0.3, -0.25) is 9.48 Å². The zero-order chi connectivity index (χ0) is 18.0. The molecule has 2 N–H and O–H groups in total. The van der Waals surface area contributed by atoms with Crippen LogP contribution in [0.1, 0.15) is 31.5 Å². The van der Waals surface area contributed by atoms with Gasteiger partial charge in [-0.15, -0.1) is 0 Å². The summed E-state index contributed by atoms with van der Waals surface area (Å²) in [5.41, 5.74) is 5.27. The van der Waals surface area contributed by atoms with Crippen molar-refractivity contribution in [2.24, 2.45) is 5.73 Å². The normalized spacial score (nSPS) is 19.2. The monoisotopic (exact) mass is 366 g/mol. The summed E-state index contributed by atoms with van der Waals surface area (Å²) in [6, 6.07) is 0. The van der Waals surface area contributed by atoms with E-state index in [9.17, 15) is 13.2 Å². The third kappa shape index (κ3) is 3.59. The van der Waals surface area contributed by atoms with Crippen molar-refractivity contribution < 1.29 is 13.2 Å². The van der Waals surface area contributed by atoms with Crippen LogP contribution in [0, 0.1) is 0 Å². The highest BCUT2D eigenvalue weighted by Gasteiger charge is 2.33. The summed E-state index contributed by atoms with van der Waals surface area (Å²) >= 11 is 0. The third-order valence-corrected chi connectivity index (χ3v) is 6.21. The van der Waals surface area contributed by atoms with E-state index in [1.165, 1.54) is 10.5 Å². The minimum absolute atomic E-state index is 0.0435. The molecule has 9 nitrogen and oxygen atoms in total. The third-order valence-electron chi connectivity index (χ3n) is 4.39. The van der Waals surface area contributed by atoms with E-state index < -0.39 is 15.9 Å². The summed E-state index contributed by atoms with van der Waals surface area (Å²) in [5, 5.41) is 4.05. The molecule has 25 heavy (non-hydrogen) atoms. The number of aromatic nitrogens is 4. The Labute approximate surface area is 146 Å². The number of amides is 1. The minimum Gasteiger partial charge on any atom is -0.368 e. The van der Waals surface area contributed by atoms with E-state index in [4.69, 9.17) is 5.73 Å². The molecule has 1 saturated heterocycles. The van der Waals surface area contributed by atoms with Crippen LogP contribution < -0.4 is 5.73 Å². The van der Waals surface area contributed by atoms with Gasteiger partial charge in [0.05, 0.1) is 6.20 Å². The Kier molecular flexibility index (Phi) is 4.91. The topological polar surface area (TPSA) is 116 Å². The number of carbonyl (C=O) groups excluding carboxylic acids is 1. The fourth-order valence-corrected chi connectivity index (χ4v) is 4.63. The van der Waals surface area contributed by atoms with Crippen molar-refractivity contribution in [1.82, 2.24) is 23.6 Å². The summed E-state index contributed by atoms with van der Waals surface area (Å²) in [4.78, 5) is 15.7. The van der Waals surface area contributed by atoms with Gasteiger partial charge in [0, 0.05) is 44.1 Å². The Bertz CT molecular complexity index is 856. The number of imidazole rings is 1. The summed E-state index contributed by atoms with van der Waals surface area (Å²) in [6.45, 7) is 3.35. The van der Waals surface area contributed by atoms with Crippen LogP contribution in [-0.4, -0.2) is 51.1 Å². The quantitative estimate of drug-likeness (QED) is 0.781. The number of hydrogen-bond donors (Lipinski definition) is 1. The van der Waals surface area contributed by atoms with E-state index in [1.54, 1.807) is 27.8 Å². The number of nitrogens with zero attached hydrogens (tertiary/aromatic N) is 5. The van der Waals surface area contributed by atoms with Crippen LogP contribution in [0.2, 0.25) is 0 Å². The van der Waals surface area contributed by atoms with Crippen LogP contribution in [0.4, 0.5) is 0 Å². The Hall–Kier alpha value is -2.20. The Morgan fingerprint density at radius 1 is 1.44 bits per heavy atom. The zero-order valence-electron chi connectivity index (χ0n) is 14.1. The first kappa shape index (κ1) is 17.6. The van der Waals surface area contributed by atoms with E-state index in [0.29, 0.717) is 25.5 Å². The molecule has 3 rings (SSSR count). The van der Waals surface area contributed by atoms with Gasteiger partial charge < -0.3 is 10.3 Å². The number of piperidine rings is 1. The summed E-state index contributed by atoms with van der Waals surface area (Å²) in [7, 11) is -3.59. The smallest absolute Gasteiger partial charge is 0.246 e. The highest BCUT2D eigenvalue weighted by Crippen LogP contribution is 2.29. The highest BCUT2D eigenvalue weighted by atomic mass is 32.2. The summed E-state index contributed by atoms with van der Waals surface area (Å²) < 4.78 is 30.5. The van der Waals surface area contributed by atoms with Crippen molar-refractivity contribution in [3.8, 4) is 0 Å². The number of primary amides is 1. The maximum Gasteiger partial charge on any atom is 0.246 e. The number of carbonyl (C=O) groups is 1. The molecule has 2 aromatic rings. The van der Waals surface area contributed by atoms with E-state index in [2.05, 4.69) is 10.1 Å². The molecule has 0 unspecified atom stereocenters. The van der Waals surface area contributed by atoms with Crippen LogP contribution in [0.15, 0.2) is 29.7 Å². The molecule has 0 aliphatic carbocycles. The van der Waals surface area contributed by atoms with E-state index in [0.717, 1.165) is 12.8 Å². The average Bonchev–Trinajstić information content (AvgIpc) is 3.23. The van der Waals surface area contributed by atoms with Gasteiger partial charge in [0.1, 0.15) is 17.3 Å². The SMILES string of the molecule is CCn1cc(S(=O)(=O)N2CCC[C@H](c3nccn3CC(N)=O)C2)cn1. The van der Waals surface area contributed by atoms with Crippen molar-refractivity contribution in [3.05, 3.63) is 30.6 Å². The van der Waals surface area contributed by atoms with Crippen LogP contribution in [-0.2, 0) is 27.9 Å². The second-order valence-corrected chi connectivity index (χ2v) is 8.05. The van der Waals surface area contributed by atoms with Gasteiger partial charge >= 0.3 is 0 Å². The number of rotatable bonds is 6. The highest BCUT2D eigenvalue weighted by molar-refractivity contribution is 7.89. The van der Waals surface area contributed by atoms with E-state index in [-0.39, 0.29) is 17.4 Å². The predicted molar refractivity (Wildman–Crippen MR) is 90.1 cm³/mol. The van der Waals surface area contributed by atoms with Crippen LogP contribution in [0.25, 0.3) is 0 Å². The second kappa shape index (κ2) is 6.96. The molecule has 0 bridgehead atoms. The maximum absolute atomic E-state index is 12.9. The molecule has 1 amide bonds. The van der Waals surface area contributed by atoms with Gasteiger partial charge in [-0.2, -0.15) is 9.40 Å². The Morgan fingerprint density at radius 3 is 2.92 bits per heavy atom. The molecule has 0 aromatic carbocycles. The molecule has 1 fully saturated rings. The van der Waals surface area contributed by atoms with Gasteiger partial charge in [0.25, 0.3) is 0 Å². The largest absolute Gasteiger partial charge is 0.368 e. The van der Waals surface area contributed by atoms with Crippen molar-refractivity contribution in [2.45, 2.75) is 43.7 Å². The predicted octanol–water partition coefficient (Wildman–Crippen LogP) is 0.153. The van der Waals surface area contributed by atoms with Crippen molar-refractivity contribution in [3.63, 3.8) is 0 Å². The van der Waals surface area contributed by atoms with Gasteiger partial charge in [-0.25, -0.2) is 13.4 Å². The molecule has 1 atom stereocenters. The van der Waals surface area contributed by atoms with Crippen LogP contribution >= 0.6 is 0 Å². The molecule has 136 valence electrons. The lowest BCUT2D eigenvalue weighted by Gasteiger charge is -2.31. The molecular weight excluding hydrogens is 344 g/mol. The number of hydrogen-bond acceptors (Lipinski definition) is 5. The van der Waals surface area contributed by atoms with Gasteiger partial charge in [-0.05, 0) is 19.8 Å². The average molecular weight is 366 g/mol. The molecule has 10 heteroatoms. The van der Waals surface area contributed by atoms with Gasteiger partial charge in [0.15, 0.2) is 0 Å². The summed E-state index contributed by atoms with van der Waals surface area (Å²) in [6.07, 6.45) is 7.78. The van der Waals surface area contributed by atoms with Crippen molar-refractivity contribution in [2.75, 3.05) is 13.1 Å². The molecule has 1 aliphatic heterocycles. The van der Waals surface area contributed by atoms with Crippen LogP contribution in [0.3, 0.4) is 0 Å². The first-order valence-corrected chi connectivity index (χ1v) is 9.67. The summed E-state index contributed by atoms with van der Waals surface area (Å²) in [5.74, 6) is 0.175. The molecule has 1 aliphatic rings. The lowest BCUT2D eigenvalue weighted by atomic mass is 9.99. The molecule has 0 saturated carbocycles. The van der Waals surface area contributed by atoms with E-state index in [1.807, 2.05) is 6.92 Å². The second-order valence-electron chi connectivity index (χ2n) is 6.11. The zero-order valence-corrected chi connectivity index (χ0v) is 14.9. The first-order valence-electron chi connectivity index (χ1n) is 8.23. The van der Waals surface area contributed by atoms with Gasteiger partial charge in [0.2, 0.25) is 15.9 Å². The minimum atomic E-state index is -3.59. The van der Waals surface area contributed by atoms with Crippen molar-refractivity contribution >= 4 is 15.9 Å². The fourth-order valence-electron chi connectivity index (χ4n) is 3.15. The fraction of sp³-hybridized carbons (Fsp3) is 0.533. The van der Waals surface area contributed by atoms with Crippen LogP contribution in [0.5, 0.6) is 0 Å². The molecule has 2 aromatic heterocycles. The first-order chi connectivity index (χ1) is 11.9. The standard InChI is InChI=1S/C15H22N6O3S/c1-2-20-10-13(8-18-20)25(23,24)21-6-3-4-12(9-21)15-17-5-7-19(15)11-14(16)22/h5,7-8,10,12H,2-4,6,9,11H2,1H3,(H2,16,22)/t12-/m0/s1. The number of sulfonamides is 1. The number of nitrogens with two attached hydrogens (primary N) is 1. The molecule has 0 spiro atoms.